The van der Waals surface area contributed by atoms with Crippen molar-refractivity contribution in [1.82, 2.24) is 5.32 Å². The maximum Gasteiger partial charge on any atom is 0.271 e. The van der Waals surface area contributed by atoms with Crippen LogP contribution in [0, 0.1) is 23.0 Å². The van der Waals surface area contributed by atoms with E-state index in [1.807, 2.05) is 0 Å². The van der Waals surface area contributed by atoms with Gasteiger partial charge in [-0.15, -0.1) is 0 Å². The second kappa shape index (κ2) is 11.8. The minimum Gasteiger partial charge on any atom is -0.352 e. The van der Waals surface area contributed by atoms with E-state index in [-0.39, 0.29) is 23.8 Å². The molecule has 9 heteroatoms. The third kappa shape index (κ3) is 7.56. The van der Waals surface area contributed by atoms with E-state index in [2.05, 4.69) is 19.2 Å². The van der Waals surface area contributed by atoms with E-state index < -0.39 is 14.9 Å². The molecule has 2 aromatic rings. The highest BCUT2D eigenvalue weighted by atomic mass is 32.2. The van der Waals surface area contributed by atoms with Crippen LogP contribution in [0.15, 0.2) is 42.5 Å². The largest absolute Gasteiger partial charge is 0.352 e. The fourth-order valence-electron chi connectivity index (χ4n) is 3.57. The van der Waals surface area contributed by atoms with Crippen LogP contribution in [0.1, 0.15) is 61.0 Å². The molecule has 0 spiro atoms. The number of benzene rings is 2. The summed E-state index contributed by atoms with van der Waals surface area (Å²) in [5.41, 5.74) is 1.85. The lowest BCUT2D eigenvalue weighted by molar-refractivity contribution is -0.384. The van der Waals surface area contributed by atoms with Crippen molar-refractivity contribution in [2.75, 3.05) is 17.1 Å². The smallest absolute Gasteiger partial charge is 0.271 e. The first kappa shape index (κ1) is 26.3. The van der Waals surface area contributed by atoms with Crippen LogP contribution in [-0.4, -0.2) is 32.0 Å². The summed E-state index contributed by atoms with van der Waals surface area (Å²) in [5.74, 6) is 0.292. The molecule has 2 rings (SSSR count). The lowest BCUT2D eigenvalue weighted by atomic mass is 9.99. The van der Waals surface area contributed by atoms with Crippen molar-refractivity contribution in [2.45, 2.75) is 53.0 Å². The van der Waals surface area contributed by atoms with Gasteiger partial charge >= 0.3 is 0 Å². The summed E-state index contributed by atoms with van der Waals surface area (Å²) in [6.45, 7) is 6.60. The van der Waals surface area contributed by atoms with Crippen LogP contribution in [0.2, 0.25) is 0 Å². The van der Waals surface area contributed by atoms with Gasteiger partial charge in [-0.05, 0) is 42.5 Å². The van der Waals surface area contributed by atoms with E-state index in [9.17, 15) is 23.3 Å². The zero-order valence-electron chi connectivity index (χ0n) is 19.7. The first-order chi connectivity index (χ1) is 15.6. The molecular weight excluding hydrogens is 442 g/mol. The number of nitrogens with zero attached hydrogens (tertiary/aromatic N) is 2. The Morgan fingerprint density at radius 2 is 1.82 bits per heavy atom. The molecule has 0 fully saturated rings. The van der Waals surface area contributed by atoms with Gasteiger partial charge in [-0.25, -0.2) is 8.42 Å². The van der Waals surface area contributed by atoms with Gasteiger partial charge in [-0.1, -0.05) is 51.3 Å². The Morgan fingerprint density at radius 3 is 2.36 bits per heavy atom. The Bertz CT molecular complexity index is 1070. The molecule has 0 aromatic heterocycles. The van der Waals surface area contributed by atoms with Crippen LogP contribution >= 0.6 is 0 Å². The summed E-state index contributed by atoms with van der Waals surface area (Å²) in [6.07, 6.45) is 5.44. The highest BCUT2D eigenvalue weighted by Crippen LogP contribution is 2.29. The Hall–Kier alpha value is -2.94. The number of carbonyl (C=O) groups is 1. The summed E-state index contributed by atoms with van der Waals surface area (Å²) in [4.78, 5) is 23.1. The molecule has 0 saturated carbocycles. The second-order valence-electron chi connectivity index (χ2n) is 8.32. The van der Waals surface area contributed by atoms with Crippen LogP contribution in [0.5, 0.6) is 0 Å². The average molecular weight is 476 g/mol. The van der Waals surface area contributed by atoms with Gasteiger partial charge in [0.1, 0.15) is 0 Å². The van der Waals surface area contributed by atoms with E-state index in [1.165, 1.54) is 18.2 Å². The highest BCUT2D eigenvalue weighted by molar-refractivity contribution is 7.92. The van der Waals surface area contributed by atoms with Crippen molar-refractivity contribution in [3.05, 3.63) is 69.3 Å². The monoisotopic (exact) mass is 475 g/mol. The van der Waals surface area contributed by atoms with Crippen LogP contribution in [0.4, 0.5) is 11.4 Å². The Morgan fingerprint density at radius 1 is 1.15 bits per heavy atom. The van der Waals surface area contributed by atoms with E-state index in [0.717, 1.165) is 36.2 Å². The van der Waals surface area contributed by atoms with Crippen LogP contribution < -0.4 is 9.62 Å². The maximum atomic E-state index is 12.5. The van der Waals surface area contributed by atoms with Crippen LogP contribution in [0.25, 0.3) is 0 Å². The van der Waals surface area contributed by atoms with Crippen molar-refractivity contribution in [3.8, 4) is 0 Å². The zero-order valence-corrected chi connectivity index (χ0v) is 20.5. The highest BCUT2D eigenvalue weighted by Gasteiger charge is 2.22. The van der Waals surface area contributed by atoms with Gasteiger partial charge in [-0.3, -0.25) is 19.2 Å². The molecule has 0 aliphatic heterocycles. The molecule has 1 amide bonds. The lowest BCUT2D eigenvalue weighted by Gasteiger charge is -2.24. The molecule has 0 aliphatic rings. The van der Waals surface area contributed by atoms with Gasteiger partial charge in [-0.2, -0.15) is 0 Å². The third-order valence-electron chi connectivity index (χ3n) is 5.71. The van der Waals surface area contributed by atoms with Gasteiger partial charge in [0.05, 0.1) is 23.4 Å². The molecule has 2 aromatic carbocycles. The van der Waals surface area contributed by atoms with E-state index in [4.69, 9.17) is 0 Å². The van der Waals surface area contributed by atoms with Crippen LogP contribution in [0.3, 0.4) is 0 Å². The Kier molecular flexibility index (Phi) is 9.40. The number of nitrogens with one attached hydrogen (secondary N) is 1. The summed E-state index contributed by atoms with van der Waals surface area (Å²) in [7, 11) is -3.70. The number of non-ortho nitro benzene ring substituents is 1. The number of anilines is 1. The number of nitro groups is 1. The zero-order chi connectivity index (χ0) is 24.6. The average Bonchev–Trinajstić information content (AvgIpc) is 2.77. The van der Waals surface area contributed by atoms with Crippen molar-refractivity contribution in [2.24, 2.45) is 5.92 Å². The number of amides is 1. The summed E-state index contributed by atoms with van der Waals surface area (Å²) in [6, 6.07) is 10.9. The first-order valence-corrected chi connectivity index (χ1v) is 13.0. The molecule has 0 aliphatic carbocycles. The predicted octanol–water partition coefficient (Wildman–Crippen LogP) is 4.82. The van der Waals surface area contributed by atoms with Gasteiger partial charge < -0.3 is 5.32 Å². The third-order valence-corrected chi connectivity index (χ3v) is 6.84. The molecule has 8 nitrogen and oxygen atoms in total. The Balaban J connectivity index is 2.16. The van der Waals surface area contributed by atoms with Gasteiger partial charge in [0, 0.05) is 24.2 Å². The molecule has 0 saturated heterocycles. The first-order valence-electron chi connectivity index (χ1n) is 11.2. The number of nitro benzene ring substituents is 1. The van der Waals surface area contributed by atoms with Crippen molar-refractivity contribution >= 4 is 27.3 Å². The molecule has 0 heterocycles. The number of aryl methyl sites for hydroxylation is 1. The Labute approximate surface area is 196 Å². The molecule has 1 atom stereocenters. The van der Waals surface area contributed by atoms with Crippen molar-refractivity contribution < 1.29 is 18.1 Å². The molecule has 33 heavy (non-hydrogen) atoms. The maximum absolute atomic E-state index is 12.5. The number of hydrogen-bond donors (Lipinski definition) is 1. The van der Waals surface area contributed by atoms with Crippen LogP contribution in [-0.2, 0) is 16.6 Å². The van der Waals surface area contributed by atoms with E-state index in [1.54, 1.807) is 31.2 Å². The summed E-state index contributed by atoms with van der Waals surface area (Å²) < 4.78 is 26.1. The lowest BCUT2D eigenvalue weighted by Crippen LogP contribution is -2.30. The van der Waals surface area contributed by atoms with Crippen molar-refractivity contribution in [3.63, 3.8) is 0 Å². The number of unbranched alkanes of at least 4 members (excludes halogenated alkanes) is 1. The molecule has 180 valence electrons. The number of carbonyl (C=O) groups excluding carboxylic acids is 1. The minimum absolute atomic E-state index is 0.00231. The van der Waals surface area contributed by atoms with E-state index >= 15 is 0 Å². The predicted molar refractivity (Wildman–Crippen MR) is 131 cm³/mol. The summed E-state index contributed by atoms with van der Waals surface area (Å²) in [5, 5.41) is 14.1. The number of sulfonamides is 1. The second-order valence-corrected chi connectivity index (χ2v) is 10.2. The van der Waals surface area contributed by atoms with Gasteiger partial charge in [0.2, 0.25) is 10.0 Å². The van der Waals surface area contributed by atoms with Crippen molar-refractivity contribution in [1.29, 1.82) is 0 Å². The fraction of sp³-hybridized carbons (Fsp3) is 0.458. The topological polar surface area (TPSA) is 110 Å². The SMILES string of the molecule is CCCC[C@@H](CC)CNC(=O)c1ccc(CN(c2cc([N+](=O)[O-])ccc2C)S(C)(=O)=O)cc1. The van der Waals surface area contributed by atoms with E-state index in [0.29, 0.717) is 29.2 Å². The standard InChI is InChI=1S/C24H33N3O5S/c1-5-7-8-19(6-2)16-25-24(28)21-12-10-20(11-13-21)17-26(33(4,31)32)23-15-22(27(29)30)14-9-18(23)3/h9-15,19H,5-8,16-17H2,1-4H3,(H,25,28)/t19-/m1/s1. The minimum atomic E-state index is -3.70. The summed E-state index contributed by atoms with van der Waals surface area (Å²) >= 11 is 0. The molecule has 0 bridgehead atoms. The molecule has 0 unspecified atom stereocenters. The number of rotatable bonds is 12. The fourth-order valence-corrected chi connectivity index (χ4v) is 4.51. The molecule has 0 radical (unpaired) electrons. The van der Waals surface area contributed by atoms with Gasteiger partial charge in [0.15, 0.2) is 0 Å². The van der Waals surface area contributed by atoms with Gasteiger partial charge in [0.25, 0.3) is 11.6 Å². The molecule has 1 N–H and O–H groups in total. The molecular formula is C24H33N3O5S. The normalized spacial score (nSPS) is 12.2. The number of hydrogen-bond acceptors (Lipinski definition) is 5. The quantitative estimate of drug-likeness (QED) is 0.350.